The van der Waals surface area contributed by atoms with Crippen molar-refractivity contribution >= 4 is 5.97 Å². The number of aryl methyl sites for hydroxylation is 1. The number of ether oxygens (including phenoxy) is 1. The third kappa shape index (κ3) is 2.02. The SMILES string of the molecule is CCOC(=O)c1ncn2c1CNCCC2. The van der Waals surface area contributed by atoms with E-state index in [0.29, 0.717) is 18.8 Å². The lowest BCUT2D eigenvalue weighted by Crippen LogP contribution is -2.16. The Morgan fingerprint density at radius 1 is 1.73 bits per heavy atom. The maximum atomic E-state index is 11.6. The van der Waals surface area contributed by atoms with Crippen molar-refractivity contribution in [2.45, 2.75) is 26.4 Å². The molecule has 82 valence electrons. The normalized spacial score (nSPS) is 15.5. The van der Waals surface area contributed by atoms with Gasteiger partial charge >= 0.3 is 5.97 Å². The van der Waals surface area contributed by atoms with Gasteiger partial charge in [-0.3, -0.25) is 0 Å². The number of hydrogen-bond donors (Lipinski definition) is 1. The lowest BCUT2D eigenvalue weighted by Gasteiger charge is -2.04. The van der Waals surface area contributed by atoms with Gasteiger partial charge in [-0.1, -0.05) is 0 Å². The molecule has 0 unspecified atom stereocenters. The average Bonchev–Trinajstić information content (AvgIpc) is 2.48. The monoisotopic (exact) mass is 209 g/mol. The zero-order valence-corrected chi connectivity index (χ0v) is 8.82. The van der Waals surface area contributed by atoms with Gasteiger partial charge in [0.05, 0.1) is 18.6 Å². The molecular formula is C10H15N3O2. The van der Waals surface area contributed by atoms with Gasteiger partial charge in [0.25, 0.3) is 0 Å². The summed E-state index contributed by atoms with van der Waals surface area (Å²) in [7, 11) is 0. The van der Waals surface area contributed by atoms with Crippen LogP contribution in [0.5, 0.6) is 0 Å². The molecule has 1 aliphatic heterocycles. The smallest absolute Gasteiger partial charge is 0.358 e. The van der Waals surface area contributed by atoms with Gasteiger partial charge in [0, 0.05) is 13.1 Å². The van der Waals surface area contributed by atoms with E-state index in [2.05, 4.69) is 10.3 Å². The van der Waals surface area contributed by atoms with E-state index < -0.39 is 0 Å². The van der Waals surface area contributed by atoms with Gasteiger partial charge in [0.15, 0.2) is 5.69 Å². The van der Waals surface area contributed by atoms with Crippen molar-refractivity contribution in [3.05, 3.63) is 17.7 Å². The average molecular weight is 209 g/mol. The van der Waals surface area contributed by atoms with E-state index in [-0.39, 0.29) is 5.97 Å². The minimum atomic E-state index is -0.324. The summed E-state index contributed by atoms with van der Waals surface area (Å²) in [6.45, 7) is 4.76. The molecule has 5 nitrogen and oxygen atoms in total. The van der Waals surface area contributed by atoms with Crippen molar-refractivity contribution in [3.63, 3.8) is 0 Å². The summed E-state index contributed by atoms with van der Waals surface area (Å²) >= 11 is 0. The number of fused-ring (bicyclic) bond motifs is 1. The summed E-state index contributed by atoms with van der Waals surface area (Å²) in [6, 6.07) is 0. The second kappa shape index (κ2) is 4.44. The molecule has 0 atom stereocenters. The second-order valence-electron chi connectivity index (χ2n) is 3.48. The molecular weight excluding hydrogens is 194 g/mol. The van der Waals surface area contributed by atoms with Crippen molar-refractivity contribution in [1.29, 1.82) is 0 Å². The number of nitrogens with one attached hydrogen (secondary N) is 1. The zero-order valence-electron chi connectivity index (χ0n) is 8.82. The Morgan fingerprint density at radius 2 is 2.60 bits per heavy atom. The highest BCUT2D eigenvalue weighted by molar-refractivity contribution is 5.88. The van der Waals surface area contributed by atoms with Gasteiger partial charge in [0.1, 0.15) is 0 Å². The van der Waals surface area contributed by atoms with Gasteiger partial charge in [-0.15, -0.1) is 0 Å². The Labute approximate surface area is 88.4 Å². The maximum absolute atomic E-state index is 11.6. The molecule has 0 saturated carbocycles. The van der Waals surface area contributed by atoms with Gasteiger partial charge in [-0.05, 0) is 19.9 Å². The van der Waals surface area contributed by atoms with Crippen LogP contribution in [0.4, 0.5) is 0 Å². The molecule has 0 radical (unpaired) electrons. The molecule has 5 heteroatoms. The molecule has 2 heterocycles. The maximum Gasteiger partial charge on any atom is 0.358 e. The van der Waals surface area contributed by atoms with E-state index in [9.17, 15) is 4.79 Å². The number of aromatic nitrogens is 2. The quantitative estimate of drug-likeness (QED) is 0.723. The Hall–Kier alpha value is -1.36. The summed E-state index contributed by atoms with van der Waals surface area (Å²) in [5, 5.41) is 3.26. The van der Waals surface area contributed by atoms with E-state index >= 15 is 0 Å². The van der Waals surface area contributed by atoms with Crippen LogP contribution in [0.25, 0.3) is 0 Å². The topological polar surface area (TPSA) is 56.1 Å². The van der Waals surface area contributed by atoms with E-state index in [0.717, 1.165) is 25.2 Å². The summed E-state index contributed by atoms with van der Waals surface area (Å²) in [4.78, 5) is 15.7. The molecule has 0 amide bonds. The van der Waals surface area contributed by atoms with Crippen molar-refractivity contribution in [1.82, 2.24) is 14.9 Å². The number of imidazole rings is 1. The van der Waals surface area contributed by atoms with Crippen LogP contribution < -0.4 is 5.32 Å². The Kier molecular flexibility index (Phi) is 3.01. The first-order valence-corrected chi connectivity index (χ1v) is 5.24. The molecule has 1 aromatic rings. The lowest BCUT2D eigenvalue weighted by molar-refractivity contribution is 0.0518. The third-order valence-electron chi connectivity index (χ3n) is 2.46. The first kappa shape index (κ1) is 10.2. The number of carbonyl (C=O) groups excluding carboxylic acids is 1. The van der Waals surface area contributed by atoms with E-state index in [1.807, 2.05) is 4.57 Å². The first-order valence-electron chi connectivity index (χ1n) is 5.24. The molecule has 0 aromatic carbocycles. The summed E-state index contributed by atoms with van der Waals surface area (Å²) < 4.78 is 6.97. The second-order valence-corrected chi connectivity index (χ2v) is 3.48. The highest BCUT2D eigenvalue weighted by Gasteiger charge is 2.19. The van der Waals surface area contributed by atoms with Crippen LogP contribution in [-0.4, -0.2) is 28.7 Å². The Balaban J connectivity index is 2.25. The van der Waals surface area contributed by atoms with Crippen molar-refractivity contribution < 1.29 is 9.53 Å². The molecule has 1 N–H and O–H groups in total. The molecule has 0 spiro atoms. The lowest BCUT2D eigenvalue weighted by atomic mass is 10.3. The zero-order chi connectivity index (χ0) is 10.7. The molecule has 0 bridgehead atoms. The van der Waals surface area contributed by atoms with Crippen LogP contribution in [0.15, 0.2) is 6.33 Å². The van der Waals surface area contributed by atoms with Crippen molar-refractivity contribution in [3.8, 4) is 0 Å². The third-order valence-corrected chi connectivity index (χ3v) is 2.46. The molecule has 2 rings (SSSR count). The number of esters is 1. The predicted octanol–water partition coefficient (Wildman–Crippen LogP) is 0.553. The fourth-order valence-corrected chi connectivity index (χ4v) is 1.74. The van der Waals surface area contributed by atoms with E-state index in [4.69, 9.17) is 4.74 Å². The van der Waals surface area contributed by atoms with Crippen LogP contribution >= 0.6 is 0 Å². The number of rotatable bonds is 2. The van der Waals surface area contributed by atoms with Crippen LogP contribution in [0, 0.1) is 0 Å². The van der Waals surface area contributed by atoms with E-state index in [1.54, 1.807) is 13.3 Å². The Morgan fingerprint density at radius 3 is 3.40 bits per heavy atom. The number of carbonyl (C=O) groups is 1. The number of hydrogen-bond acceptors (Lipinski definition) is 4. The molecule has 15 heavy (non-hydrogen) atoms. The largest absolute Gasteiger partial charge is 0.461 e. The standard InChI is InChI=1S/C10H15N3O2/c1-2-15-10(14)9-8-6-11-4-3-5-13(8)7-12-9/h7,11H,2-6H2,1H3. The molecule has 0 saturated heterocycles. The summed E-state index contributed by atoms with van der Waals surface area (Å²) in [5.74, 6) is -0.324. The Bertz CT molecular complexity index is 360. The molecule has 0 aliphatic carbocycles. The van der Waals surface area contributed by atoms with Gasteiger partial charge in [-0.2, -0.15) is 0 Å². The molecule has 1 aromatic heterocycles. The highest BCUT2D eigenvalue weighted by Crippen LogP contribution is 2.12. The van der Waals surface area contributed by atoms with Crippen LogP contribution in [-0.2, 0) is 17.8 Å². The first-order chi connectivity index (χ1) is 7.33. The van der Waals surface area contributed by atoms with Gasteiger partial charge in [0.2, 0.25) is 0 Å². The van der Waals surface area contributed by atoms with Crippen molar-refractivity contribution in [2.75, 3.05) is 13.2 Å². The molecule has 1 aliphatic rings. The molecule has 0 fully saturated rings. The van der Waals surface area contributed by atoms with Crippen LogP contribution in [0.1, 0.15) is 29.5 Å². The summed E-state index contributed by atoms with van der Waals surface area (Å²) in [5.41, 5.74) is 1.39. The fraction of sp³-hybridized carbons (Fsp3) is 0.600. The van der Waals surface area contributed by atoms with Gasteiger partial charge in [-0.25, -0.2) is 9.78 Å². The number of nitrogens with zero attached hydrogens (tertiary/aromatic N) is 2. The van der Waals surface area contributed by atoms with Gasteiger partial charge < -0.3 is 14.6 Å². The minimum Gasteiger partial charge on any atom is -0.461 e. The van der Waals surface area contributed by atoms with Crippen molar-refractivity contribution in [2.24, 2.45) is 0 Å². The fourth-order valence-electron chi connectivity index (χ4n) is 1.74. The van der Waals surface area contributed by atoms with E-state index in [1.165, 1.54) is 0 Å². The van der Waals surface area contributed by atoms with Crippen LogP contribution in [0.3, 0.4) is 0 Å². The highest BCUT2D eigenvalue weighted by atomic mass is 16.5. The predicted molar refractivity (Wildman–Crippen MR) is 54.5 cm³/mol. The minimum absolute atomic E-state index is 0.324. The summed E-state index contributed by atoms with van der Waals surface area (Å²) in [6.07, 6.45) is 2.78. The van der Waals surface area contributed by atoms with Crippen LogP contribution in [0.2, 0.25) is 0 Å².